The van der Waals surface area contributed by atoms with Gasteiger partial charge in [-0.3, -0.25) is 4.84 Å². The number of ether oxygens (including phenoxy) is 1. The smallest absolute Gasteiger partial charge is 0.431 e. The van der Waals surface area contributed by atoms with Crippen LogP contribution in [0, 0.1) is 11.8 Å². The largest absolute Gasteiger partial charge is 0.442 e. The second-order valence-electron chi connectivity index (χ2n) is 3.32. The van der Waals surface area contributed by atoms with Gasteiger partial charge in [0.25, 0.3) is 0 Å². The lowest BCUT2D eigenvalue weighted by molar-refractivity contribution is 0.00122. The molecule has 0 radical (unpaired) electrons. The second kappa shape index (κ2) is 5.44. The molecule has 4 nitrogen and oxygen atoms in total. The maximum absolute atomic E-state index is 10.9. The van der Waals surface area contributed by atoms with Crippen LogP contribution in [-0.2, 0) is 9.57 Å². The Kier molecular flexibility index (Phi) is 4.93. The molecule has 0 fully saturated rings. The molecule has 0 aliphatic heterocycles. The van der Waals surface area contributed by atoms with E-state index in [4.69, 9.17) is 4.74 Å². The van der Waals surface area contributed by atoms with Crippen LogP contribution in [0.4, 0.5) is 4.79 Å². The lowest BCUT2D eigenvalue weighted by Gasteiger charge is -2.18. The zero-order chi connectivity index (χ0) is 10.3. The Labute approximate surface area is 78.6 Å². The van der Waals surface area contributed by atoms with Gasteiger partial charge in [0.2, 0.25) is 0 Å². The van der Waals surface area contributed by atoms with E-state index >= 15 is 0 Å². The maximum atomic E-state index is 10.9. The molecule has 0 aromatic carbocycles. The highest BCUT2D eigenvalue weighted by molar-refractivity contribution is 5.66. The highest BCUT2D eigenvalue weighted by Crippen LogP contribution is 2.05. The number of hydroxylamine groups is 1. The Morgan fingerprint density at radius 2 is 2.08 bits per heavy atom. The SMILES string of the molecule is CC#CCONC(=O)OC(C)(C)C. The average Bonchev–Trinajstić information content (AvgIpc) is 1.94. The summed E-state index contributed by atoms with van der Waals surface area (Å²) in [7, 11) is 0. The fourth-order valence-electron chi connectivity index (χ4n) is 0.502. The van der Waals surface area contributed by atoms with Gasteiger partial charge in [-0.1, -0.05) is 5.92 Å². The third-order valence-electron chi connectivity index (χ3n) is 0.876. The highest BCUT2D eigenvalue weighted by atomic mass is 16.7. The van der Waals surface area contributed by atoms with E-state index in [1.165, 1.54) is 0 Å². The lowest BCUT2D eigenvalue weighted by atomic mass is 10.2. The van der Waals surface area contributed by atoms with Crippen molar-refractivity contribution in [3.8, 4) is 11.8 Å². The molecule has 0 unspecified atom stereocenters. The Morgan fingerprint density at radius 1 is 1.46 bits per heavy atom. The van der Waals surface area contributed by atoms with Crippen LogP contribution in [0.1, 0.15) is 27.7 Å². The standard InChI is InChI=1S/C9H15NO3/c1-5-6-7-12-10-8(11)13-9(2,3)4/h7H2,1-4H3,(H,10,11). The van der Waals surface area contributed by atoms with Crippen LogP contribution in [0.2, 0.25) is 0 Å². The Bertz CT molecular complexity index is 219. The fraction of sp³-hybridized carbons (Fsp3) is 0.667. The molecule has 0 bridgehead atoms. The van der Waals surface area contributed by atoms with Gasteiger partial charge in [-0.05, 0) is 27.7 Å². The van der Waals surface area contributed by atoms with Crippen LogP contribution in [-0.4, -0.2) is 18.3 Å². The van der Waals surface area contributed by atoms with Crippen molar-refractivity contribution in [1.82, 2.24) is 5.48 Å². The Balaban J connectivity index is 3.56. The van der Waals surface area contributed by atoms with Gasteiger partial charge in [0.05, 0.1) is 0 Å². The topological polar surface area (TPSA) is 47.6 Å². The molecule has 0 aliphatic rings. The number of amides is 1. The van der Waals surface area contributed by atoms with E-state index in [0.29, 0.717) is 0 Å². The zero-order valence-corrected chi connectivity index (χ0v) is 8.43. The Morgan fingerprint density at radius 3 is 2.54 bits per heavy atom. The van der Waals surface area contributed by atoms with Crippen molar-refractivity contribution in [3.05, 3.63) is 0 Å². The van der Waals surface area contributed by atoms with Crippen molar-refractivity contribution in [3.63, 3.8) is 0 Å². The summed E-state index contributed by atoms with van der Waals surface area (Å²) in [5.41, 5.74) is 1.60. The third-order valence-corrected chi connectivity index (χ3v) is 0.876. The van der Waals surface area contributed by atoms with Crippen LogP contribution in [0.3, 0.4) is 0 Å². The normalized spacial score (nSPS) is 9.85. The predicted octanol–water partition coefficient (Wildman–Crippen LogP) is 1.47. The Hall–Kier alpha value is -1.21. The third kappa shape index (κ3) is 8.70. The summed E-state index contributed by atoms with van der Waals surface area (Å²) >= 11 is 0. The molecule has 1 N–H and O–H groups in total. The first-order chi connectivity index (χ1) is 5.95. The van der Waals surface area contributed by atoms with E-state index in [9.17, 15) is 4.79 Å². The second-order valence-corrected chi connectivity index (χ2v) is 3.32. The monoisotopic (exact) mass is 185 g/mol. The first kappa shape index (κ1) is 11.8. The van der Waals surface area contributed by atoms with E-state index in [-0.39, 0.29) is 6.61 Å². The summed E-state index contributed by atoms with van der Waals surface area (Å²) in [4.78, 5) is 15.6. The van der Waals surface area contributed by atoms with Gasteiger partial charge in [-0.25, -0.2) is 4.79 Å². The van der Waals surface area contributed by atoms with Crippen molar-refractivity contribution < 1.29 is 14.4 Å². The minimum absolute atomic E-state index is 0.162. The summed E-state index contributed by atoms with van der Waals surface area (Å²) < 4.78 is 4.89. The van der Waals surface area contributed by atoms with Crippen LogP contribution < -0.4 is 5.48 Å². The minimum Gasteiger partial charge on any atom is -0.442 e. The van der Waals surface area contributed by atoms with Gasteiger partial charge >= 0.3 is 6.09 Å². The molecule has 0 aliphatic carbocycles. The van der Waals surface area contributed by atoms with E-state index in [1.54, 1.807) is 27.7 Å². The zero-order valence-electron chi connectivity index (χ0n) is 8.43. The first-order valence-electron chi connectivity index (χ1n) is 3.96. The van der Waals surface area contributed by atoms with Crippen LogP contribution in [0.15, 0.2) is 0 Å². The van der Waals surface area contributed by atoms with Crippen molar-refractivity contribution in [2.75, 3.05) is 6.61 Å². The first-order valence-corrected chi connectivity index (χ1v) is 3.96. The van der Waals surface area contributed by atoms with Gasteiger partial charge < -0.3 is 4.74 Å². The minimum atomic E-state index is -0.606. The molecule has 4 heteroatoms. The highest BCUT2D eigenvalue weighted by Gasteiger charge is 2.15. The predicted molar refractivity (Wildman–Crippen MR) is 48.8 cm³/mol. The molecule has 0 aromatic rings. The van der Waals surface area contributed by atoms with E-state index in [0.717, 1.165) is 0 Å². The number of hydrogen-bond acceptors (Lipinski definition) is 3. The summed E-state index contributed by atoms with van der Waals surface area (Å²) in [6.07, 6.45) is -0.606. The van der Waals surface area contributed by atoms with Crippen LogP contribution in [0.25, 0.3) is 0 Å². The van der Waals surface area contributed by atoms with E-state index in [2.05, 4.69) is 22.2 Å². The molecule has 0 aromatic heterocycles. The molecule has 0 rings (SSSR count). The molecule has 13 heavy (non-hydrogen) atoms. The number of nitrogens with one attached hydrogen (secondary N) is 1. The molecule has 0 saturated carbocycles. The molecule has 0 heterocycles. The van der Waals surface area contributed by atoms with Gasteiger partial charge in [-0.2, -0.15) is 5.48 Å². The molecular formula is C9H15NO3. The van der Waals surface area contributed by atoms with Gasteiger partial charge in [-0.15, -0.1) is 5.92 Å². The maximum Gasteiger partial charge on any atom is 0.431 e. The van der Waals surface area contributed by atoms with Crippen LogP contribution in [0.5, 0.6) is 0 Å². The molecule has 74 valence electrons. The van der Waals surface area contributed by atoms with E-state index in [1.807, 2.05) is 0 Å². The van der Waals surface area contributed by atoms with E-state index < -0.39 is 11.7 Å². The van der Waals surface area contributed by atoms with Crippen LogP contribution >= 0.6 is 0 Å². The van der Waals surface area contributed by atoms with Gasteiger partial charge in [0.1, 0.15) is 12.2 Å². The molecule has 0 spiro atoms. The number of carbonyl (C=O) groups excluding carboxylic acids is 1. The number of carbonyl (C=O) groups is 1. The van der Waals surface area contributed by atoms with Gasteiger partial charge in [0, 0.05) is 0 Å². The summed E-state index contributed by atoms with van der Waals surface area (Å²) in [5, 5.41) is 0. The van der Waals surface area contributed by atoms with Crippen molar-refractivity contribution >= 4 is 6.09 Å². The van der Waals surface area contributed by atoms with Crippen molar-refractivity contribution in [2.45, 2.75) is 33.3 Å². The summed E-state index contributed by atoms with van der Waals surface area (Å²) in [5.74, 6) is 5.25. The molecule has 0 atom stereocenters. The lowest BCUT2D eigenvalue weighted by Crippen LogP contribution is -2.32. The quantitative estimate of drug-likeness (QED) is 0.402. The average molecular weight is 185 g/mol. The molecular weight excluding hydrogens is 170 g/mol. The fourth-order valence-corrected chi connectivity index (χ4v) is 0.502. The molecule has 0 saturated heterocycles. The summed E-state index contributed by atoms with van der Waals surface area (Å²) in [6.45, 7) is 7.18. The van der Waals surface area contributed by atoms with Crippen molar-refractivity contribution in [2.24, 2.45) is 0 Å². The summed E-state index contributed by atoms with van der Waals surface area (Å²) in [6, 6.07) is 0. The van der Waals surface area contributed by atoms with Gasteiger partial charge in [0.15, 0.2) is 0 Å². The number of rotatable bonds is 2. The molecule has 1 amide bonds. The number of hydrogen-bond donors (Lipinski definition) is 1. The van der Waals surface area contributed by atoms with Crippen molar-refractivity contribution in [1.29, 1.82) is 0 Å².